The van der Waals surface area contributed by atoms with Crippen LogP contribution in [0, 0.1) is 0 Å². The Morgan fingerprint density at radius 1 is 1.00 bits per heavy atom. The Kier molecular flexibility index (Phi) is 6.44. The molecule has 2 rings (SSSR count). The third-order valence-electron chi connectivity index (χ3n) is 2.81. The van der Waals surface area contributed by atoms with Crippen LogP contribution in [0.1, 0.15) is 22.8 Å². The number of esters is 1. The van der Waals surface area contributed by atoms with Crippen molar-refractivity contribution in [3.8, 4) is 0 Å². The molecule has 0 bridgehead atoms. The van der Waals surface area contributed by atoms with Gasteiger partial charge in [0.2, 0.25) is 0 Å². The summed E-state index contributed by atoms with van der Waals surface area (Å²) in [5.41, 5.74) is 1.36. The molecule has 0 N–H and O–H groups in total. The molecule has 3 nitrogen and oxygen atoms in total. The van der Waals surface area contributed by atoms with Crippen molar-refractivity contribution in [2.75, 3.05) is 6.61 Å². The second-order valence-corrected chi connectivity index (χ2v) is 5.83. The van der Waals surface area contributed by atoms with E-state index < -0.39 is 0 Å². The van der Waals surface area contributed by atoms with E-state index in [1.54, 1.807) is 18.2 Å². The molecule has 22 heavy (non-hydrogen) atoms. The van der Waals surface area contributed by atoms with Crippen molar-refractivity contribution in [3.63, 3.8) is 0 Å². The molecule has 0 aliphatic carbocycles. The molecule has 4 heteroatoms. The Bertz CT molecular complexity index is 663. The molecule has 0 atom stereocenters. The van der Waals surface area contributed by atoms with Crippen LogP contribution in [0.2, 0.25) is 0 Å². The number of hydrogen-bond donors (Lipinski definition) is 0. The van der Waals surface area contributed by atoms with Gasteiger partial charge in [0.05, 0.1) is 0 Å². The van der Waals surface area contributed by atoms with E-state index in [0.717, 1.165) is 9.65 Å². The van der Waals surface area contributed by atoms with Crippen LogP contribution in [0.5, 0.6) is 0 Å². The van der Waals surface area contributed by atoms with Crippen molar-refractivity contribution < 1.29 is 33.6 Å². The van der Waals surface area contributed by atoms with Crippen molar-refractivity contribution in [1.29, 1.82) is 0 Å². The molecular formula is C18H16O3W. The minimum absolute atomic E-state index is 0.380. The molecule has 0 aliphatic heterocycles. The van der Waals surface area contributed by atoms with Crippen LogP contribution in [0.15, 0.2) is 66.7 Å². The van der Waals surface area contributed by atoms with E-state index in [9.17, 15) is 4.79 Å². The van der Waals surface area contributed by atoms with Crippen LogP contribution < -0.4 is 0 Å². The number of hydrogen-bond acceptors (Lipinski definition) is 3. The summed E-state index contributed by atoms with van der Waals surface area (Å²) in [6.45, 7) is 2.51. The standard InChI is InChI=1S/C18H16O3.W/c1-2-20-14-13-17(15-9-5-3-6-10-15)21-18(19)16-11-7-4-8-12-16;/h3-13H,2H2,1H3;/b17-13-;. The van der Waals surface area contributed by atoms with Gasteiger partial charge >= 0.3 is 141 Å². The van der Waals surface area contributed by atoms with Crippen LogP contribution in [-0.4, -0.2) is 16.7 Å². The summed E-state index contributed by atoms with van der Waals surface area (Å²) in [6.07, 6.45) is 1.77. The summed E-state index contributed by atoms with van der Waals surface area (Å²) < 4.78 is 11.8. The number of ether oxygens (including phenoxy) is 2. The van der Waals surface area contributed by atoms with E-state index in [1.807, 2.05) is 55.5 Å². The molecule has 0 saturated heterocycles. The zero-order valence-corrected chi connectivity index (χ0v) is 15.1. The fourth-order valence-electron chi connectivity index (χ4n) is 1.80. The first-order valence-corrected chi connectivity index (χ1v) is 8.38. The quantitative estimate of drug-likeness (QED) is 0.485. The maximum atomic E-state index is 12.3. The molecule has 0 spiro atoms. The maximum absolute atomic E-state index is 12.3. The average molecular weight is 464 g/mol. The average Bonchev–Trinajstić information content (AvgIpc) is 2.56. The molecule has 0 saturated carbocycles. The molecule has 2 aromatic carbocycles. The van der Waals surface area contributed by atoms with Crippen molar-refractivity contribution in [2.24, 2.45) is 0 Å². The first-order chi connectivity index (χ1) is 10.7. The molecule has 2 aromatic rings. The van der Waals surface area contributed by atoms with Crippen molar-refractivity contribution in [1.82, 2.24) is 0 Å². The SMILES string of the molecule is CCO[C](=[W])/C=C(\OC(=O)c1ccccc1)c1ccccc1. The summed E-state index contributed by atoms with van der Waals surface area (Å²) in [4.78, 5) is 12.3. The van der Waals surface area contributed by atoms with Crippen molar-refractivity contribution >= 4 is 15.8 Å². The van der Waals surface area contributed by atoms with Crippen LogP contribution in [-0.2, 0) is 28.8 Å². The molecule has 0 heterocycles. The molecule has 0 fully saturated rings. The molecule has 0 unspecified atom stereocenters. The first kappa shape index (κ1) is 16.5. The zero-order valence-electron chi connectivity index (χ0n) is 12.2. The van der Waals surface area contributed by atoms with E-state index in [4.69, 9.17) is 9.47 Å². The van der Waals surface area contributed by atoms with Gasteiger partial charge in [-0.15, -0.1) is 0 Å². The number of carbonyl (C=O) groups excluding carboxylic acids is 1. The van der Waals surface area contributed by atoms with Gasteiger partial charge in [-0.25, -0.2) is 0 Å². The zero-order chi connectivity index (χ0) is 15.8. The predicted molar refractivity (Wildman–Crippen MR) is 82.9 cm³/mol. The summed E-state index contributed by atoms with van der Waals surface area (Å²) >= 11 is 1.18. The van der Waals surface area contributed by atoms with Crippen molar-refractivity contribution in [2.45, 2.75) is 6.92 Å². The molecule has 0 aliphatic rings. The second kappa shape index (κ2) is 8.57. The minimum atomic E-state index is -0.380. The number of rotatable bonds is 6. The molecule has 0 radical (unpaired) electrons. The van der Waals surface area contributed by atoms with E-state index in [-0.39, 0.29) is 5.97 Å². The Morgan fingerprint density at radius 3 is 2.09 bits per heavy atom. The van der Waals surface area contributed by atoms with Crippen molar-refractivity contribution in [3.05, 3.63) is 77.9 Å². The van der Waals surface area contributed by atoms with Crippen LogP contribution >= 0.6 is 0 Å². The normalized spacial score (nSPS) is 11.0. The number of carbonyl (C=O) groups is 1. The van der Waals surface area contributed by atoms with Gasteiger partial charge in [-0.3, -0.25) is 0 Å². The van der Waals surface area contributed by atoms with E-state index in [1.165, 1.54) is 19.4 Å². The molecule has 0 aromatic heterocycles. The van der Waals surface area contributed by atoms with Gasteiger partial charge < -0.3 is 0 Å². The summed E-state index contributed by atoms with van der Waals surface area (Å²) in [7, 11) is 0. The fraction of sp³-hybridized carbons (Fsp3) is 0.111. The van der Waals surface area contributed by atoms with Crippen LogP contribution in [0.25, 0.3) is 5.76 Å². The van der Waals surface area contributed by atoms with E-state index in [2.05, 4.69) is 0 Å². The Labute approximate surface area is 141 Å². The first-order valence-electron chi connectivity index (χ1n) is 6.92. The second-order valence-electron chi connectivity index (χ2n) is 4.38. The molecular weight excluding hydrogens is 448 g/mol. The predicted octanol–water partition coefficient (Wildman–Crippen LogP) is 3.60. The van der Waals surface area contributed by atoms with Gasteiger partial charge in [0.25, 0.3) is 0 Å². The van der Waals surface area contributed by atoms with Gasteiger partial charge in [0.1, 0.15) is 0 Å². The van der Waals surface area contributed by atoms with Crippen LogP contribution in [0.4, 0.5) is 0 Å². The fourth-order valence-corrected chi connectivity index (χ4v) is 2.61. The van der Waals surface area contributed by atoms with Gasteiger partial charge in [-0.1, -0.05) is 0 Å². The van der Waals surface area contributed by atoms with Crippen LogP contribution in [0.3, 0.4) is 0 Å². The van der Waals surface area contributed by atoms with Gasteiger partial charge in [-0.05, 0) is 0 Å². The molecule has 112 valence electrons. The summed E-state index contributed by atoms with van der Waals surface area (Å²) in [5.74, 6) is 0.114. The van der Waals surface area contributed by atoms with Gasteiger partial charge in [-0.2, -0.15) is 0 Å². The summed E-state index contributed by atoms with van der Waals surface area (Å²) in [6, 6.07) is 18.5. The third-order valence-corrected chi connectivity index (χ3v) is 3.65. The Morgan fingerprint density at radius 2 is 1.55 bits per heavy atom. The Hall–Kier alpha value is -1.83. The molecule has 0 amide bonds. The topological polar surface area (TPSA) is 35.5 Å². The third kappa shape index (κ3) is 4.87. The Balaban J connectivity index is 2.25. The van der Waals surface area contributed by atoms with Gasteiger partial charge in [0.15, 0.2) is 0 Å². The number of benzene rings is 2. The van der Waals surface area contributed by atoms with Gasteiger partial charge in [0, 0.05) is 0 Å². The van der Waals surface area contributed by atoms with E-state index >= 15 is 0 Å². The monoisotopic (exact) mass is 464 g/mol. The van der Waals surface area contributed by atoms with E-state index in [0.29, 0.717) is 17.9 Å². The summed E-state index contributed by atoms with van der Waals surface area (Å²) in [5, 5.41) is 0.